The van der Waals surface area contributed by atoms with Crippen LogP contribution >= 0.6 is 11.6 Å². The van der Waals surface area contributed by atoms with Crippen molar-refractivity contribution in [3.63, 3.8) is 0 Å². The zero-order valence-electron chi connectivity index (χ0n) is 10.6. The van der Waals surface area contributed by atoms with Gasteiger partial charge < -0.3 is 5.32 Å². The minimum absolute atomic E-state index is 0.482. The Hall–Kier alpha value is -0.530. The predicted molar refractivity (Wildman–Crippen MR) is 74.4 cm³/mol. The number of benzene rings is 1. The van der Waals surface area contributed by atoms with Gasteiger partial charge in [-0.2, -0.15) is 0 Å². The van der Waals surface area contributed by atoms with Crippen LogP contribution in [0.1, 0.15) is 50.1 Å². The first-order chi connectivity index (χ1) is 8.29. The van der Waals surface area contributed by atoms with Crippen LogP contribution in [0.2, 0.25) is 5.02 Å². The van der Waals surface area contributed by atoms with Gasteiger partial charge in [0.05, 0.1) is 0 Å². The van der Waals surface area contributed by atoms with Gasteiger partial charge in [0.15, 0.2) is 0 Å². The second-order valence-corrected chi connectivity index (χ2v) is 5.57. The first-order valence-corrected chi connectivity index (χ1v) is 7.10. The maximum Gasteiger partial charge on any atom is 0.0406 e. The van der Waals surface area contributed by atoms with Crippen LogP contribution in [0.3, 0.4) is 0 Å². The highest BCUT2D eigenvalue weighted by Crippen LogP contribution is 2.31. The van der Waals surface area contributed by atoms with E-state index in [0.717, 1.165) is 10.9 Å². The summed E-state index contributed by atoms with van der Waals surface area (Å²) < 4.78 is 0. The van der Waals surface area contributed by atoms with Crippen LogP contribution < -0.4 is 5.32 Å². The molecule has 0 aliphatic heterocycles. The van der Waals surface area contributed by atoms with Crippen molar-refractivity contribution < 1.29 is 0 Å². The number of hydrogen-bond donors (Lipinski definition) is 1. The Labute approximate surface area is 110 Å². The fourth-order valence-electron chi connectivity index (χ4n) is 2.87. The molecule has 0 heterocycles. The van der Waals surface area contributed by atoms with Crippen molar-refractivity contribution in [3.8, 4) is 0 Å². The Morgan fingerprint density at radius 2 is 1.82 bits per heavy atom. The molecule has 94 valence electrons. The minimum atomic E-state index is 0.482. The Morgan fingerprint density at radius 3 is 2.41 bits per heavy atom. The van der Waals surface area contributed by atoms with Crippen molar-refractivity contribution in [1.82, 2.24) is 5.32 Å². The van der Waals surface area contributed by atoms with Gasteiger partial charge in [-0.1, -0.05) is 55.8 Å². The van der Waals surface area contributed by atoms with Gasteiger partial charge in [-0.15, -0.1) is 0 Å². The molecule has 1 aromatic rings. The molecule has 1 aromatic carbocycles. The third-order valence-electron chi connectivity index (χ3n) is 3.91. The van der Waals surface area contributed by atoms with Crippen molar-refractivity contribution in [1.29, 1.82) is 0 Å². The highest BCUT2D eigenvalue weighted by molar-refractivity contribution is 6.30. The standard InChI is InChI=1S/C15H22ClN/c1-17-15(11-12-5-3-2-4-6-12)13-7-9-14(16)10-8-13/h7-10,12,15,17H,2-6,11H2,1H3. The number of rotatable bonds is 4. The van der Waals surface area contributed by atoms with E-state index in [4.69, 9.17) is 11.6 Å². The summed E-state index contributed by atoms with van der Waals surface area (Å²) in [6.45, 7) is 0. The van der Waals surface area contributed by atoms with Gasteiger partial charge in [-0.05, 0) is 37.1 Å². The molecule has 1 unspecified atom stereocenters. The van der Waals surface area contributed by atoms with Gasteiger partial charge in [-0.25, -0.2) is 0 Å². The molecule has 1 aliphatic rings. The second-order valence-electron chi connectivity index (χ2n) is 5.13. The Morgan fingerprint density at radius 1 is 1.18 bits per heavy atom. The largest absolute Gasteiger partial charge is 0.313 e. The van der Waals surface area contributed by atoms with Crippen LogP contribution in [0.5, 0.6) is 0 Å². The summed E-state index contributed by atoms with van der Waals surface area (Å²) in [5.74, 6) is 0.900. The molecule has 0 bridgehead atoms. The summed E-state index contributed by atoms with van der Waals surface area (Å²) in [4.78, 5) is 0. The molecule has 0 aromatic heterocycles. The van der Waals surface area contributed by atoms with E-state index in [0.29, 0.717) is 6.04 Å². The third kappa shape index (κ3) is 3.72. The smallest absolute Gasteiger partial charge is 0.0406 e. The molecule has 1 atom stereocenters. The van der Waals surface area contributed by atoms with Crippen molar-refractivity contribution in [2.75, 3.05) is 7.05 Å². The maximum absolute atomic E-state index is 5.93. The third-order valence-corrected chi connectivity index (χ3v) is 4.17. The van der Waals surface area contributed by atoms with Crippen LogP contribution in [0.15, 0.2) is 24.3 Å². The van der Waals surface area contributed by atoms with E-state index in [9.17, 15) is 0 Å². The summed E-state index contributed by atoms with van der Waals surface area (Å²) in [7, 11) is 2.06. The molecule has 1 fully saturated rings. The maximum atomic E-state index is 5.93. The van der Waals surface area contributed by atoms with E-state index >= 15 is 0 Å². The second kappa shape index (κ2) is 6.42. The summed E-state index contributed by atoms with van der Waals surface area (Å²) in [6, 6.07) is 8.75. The molecule has 1 nitrogen and oxygen atoms in total. The quantitative estimate of drug-likeness (QED) is 0.827. The monoisotopic (exact) mass is 251 g/mol. The van der Waals surface area contributed by atoms with E-state index in [1.165, 1.54) is 44.1 Å². The van der Waals surface area contributed by atoms with E-state index in [1.54, 1.807) is 0 Å². The highest BCUT2D eigenvalue weighted by atomic mass is 35.5. The van der Waals surface area contributed by atoms with Crippen molar-refractivity contribution in [3.05, 3.63) is 34.9 Å². The van der Waals surface area contributed by atoms with Crippen LogP contribution in [-0.4, -0.2) is 7.05 Å². The molecule has 1 N–H and O–H groups in total. The molecule has 0 spiro atoms. The van der Waals surface area contributed by atoms with Crippen molar-refractivity contribution in [2.24, 2.45) is 5.92 Å². The SMILES string of the molecule is CNC(CC1CCCCC1)c1ccc(Cl)cc1. The molecule has 1 aliphatic carbocycles. The van der Waals surface area contributed by atoms with Crippen molar-refractivity contribution >= 4 is 11.6 Å². The fourth-order valence-corrected chi connectivity index (χ4v) is 3.00. The molecule has 2 heteroatoms. The molecule has 0 saturated heterocycles. The van der Waals surface area contributed by atoms with Gasteiger partial charge in [0.25, 0.3) is 0 Å². The molecule has 0 amide bonds. The normalized spacial score (nSPS) is 19.2. The van der Waals surface area contributed by atoms with Crippen LogP contribution in [0, 0.1) is 5.92 Å². The first-order valence-electron chi connectivity index (χ1n) is 6.72. The van der Waals surface area contributed by atoms with Gasteiger partial charge in [-0.3, -0.25) is 0 Å². The average Bonchev–Trinajstić information content (AvgIpc) is 2.38. The summed E-state index contributed by atoms with van der Waals surface area (Å²) in [6.07, 6.45) is 8.35. The summed E-state index contributed by atoms with van der Waals surface area (Å²) in [5, 5.41) is 4.26. The Kier molecular flexibility index (Phi) is 4.87. The van der Waals surface area contributed by atoms with E-state index in [2.05, 4.69) is 24.5 Å². The van der Waals surface area contributed by atoms with Gasteiger partial charge in [0.2, 0.25) is 0 Å². The summed E-state index contributed by atoms with van der Waals surface area (Å²) in [5.41, 5.74) is 1.36. The zero-order valence-corrected chi connectivity index (χ0v) is 11.3. The lowest BCUT2D eigenvalue weighted by Gasteiger charge is -2.26. The van der Waals surface area contributed by atoms with E-state index in [-0.39, 0.29) is 0 Å². The lowest BCUT2D eigenvalue weighted by Crippen LogP contribution is -2.21. The molecular formula is C15H22ClN. The fraction of sp³-hybridized carbons (Fsp3) is 0.600. The molecule has 1 saturated carbocycles. The minimum Gasteiger partial charge on any atom is -0.313 e. The zero-order chi connectivity index (χ0) is 12.1. The van der Waals surface area contributed by atoms with Gasteiger partial charge in [0, 0.05) is 11.1 Å². The van der Waals surface area contributed by atoms with Crippen LogP contribution in [-0.2, 0) is 0 Å². The molecular weight excluding hydrogens is 230 g/mol. The highest BCUT2D eigenvalue weighted by Gasteiger charge is 2.18. The average molecular weight is 252 g/mol. The molecule has 17 heavy (non-hydrogen) atoms. The number of hydrogen-bond acceptors (Lipinski definition) is 1. The van der Waals surface area contributed by atoms with Crippen LogP contribution in [0.4, 0.5) is 0 Å². The Bertz CT molecular complexity index is 327. The Balaban J connectivity index is 1.97. The van der Waals surface area contributed by atoms with E-state index in [1.807, 2.05) is 12.1 Å². The van der Waals surface area contributed by atoms with Gasteiger partial charge >= 0.3 is 0 Å². The molecule has 0 radical (unpaired) electrons. The van der Waals surface area contributed by atoms with Gasteiger partial charge in [0.1, 0.15) is 0 Å². The molecule has 2 rings (SSSR count). The van der Waals surface area contributed by atoms with Crippen molar-refractivity contribution in [2.45, 2.75) is 44.6 Å². The topological polar surface area (TPSA) is 12.0 Å². The lowest BCUT2D eigenvalue weighted by atomic mass is 9.83. The summed E-state index contributed by atoms with van der Waals surface area (Å²) >= 11 is 5.93. The first kappa shape index (κ1) is 12.9. The van der Waals surface area contributed by atoms with Crippen LogP contribution in [0.25, 0.3) is 0 Å². The lowest BCUT2D eigenvalue weighted by molar-refractivity contribution is 0.306. The van der Waals surface area contributed by atoms with E-state index < -0.39 is 0 Å². The number of nitrogens with one attached hydrogen (secondary N) is 1. The number of halogens is 1. The predicted octanol–water partition coefficient (Wildman–Crippen LogP) is 4.57.